The Morgan fingerprint density at radius 3 is 2.22 bits per heavy atom. The number of nitrogens with zero attached hydrogens (tertiary/aromatic N) is 5. The minimum absolute atomic E-state index is 0.0607. The summed E-state index contributed by atoms with van der Waals surface area (Å²) in [5.74, 6) is -3.39. The molecule has 0 aliphatic heterocycles. The number of thiophene rings is 1. The van der Waals surface area contributed by atoms with E-state index in [9.17, 15) is 37.3 Å². The number of nitro groups is 1. The highest BCUT2D eigenvalue weighted by molar-refractivity contribution is 7.20. The van der Waals surface area contributed by atoms with Crippen LogP contribution in [0.2, 0.25) is 0 Å². The molecule has 242 valence electrons. The third kappa shape index (κ3) is 7.91. The first-order valence-corrected chi connectivity index (χ1v) is 14.2. The lowest BCUT2D eigenvalue weighted by Crippen LogP contribution is -2.33. The van der Waals surface area contributed by atoms with Crippen molar-refractivity contribution in [3.63, 3.8) is 0 Å². The minimum atomic E-state index is -3.15. The van der Waals surface area contributed by atoms with Gasteiger partial charge >= 0.3 is 12.7 Å². The highest BCUT2D eigenvalue weighted by Gasteiger charge is 2.33. The van der Waals surface area contributed by atoms with Crippen LogP contribution in [0, 0.1) is 21.7 Å². The SMILES string of the molecule is CCOC(=O)N(Cc1c(F)cccc1F)c1sc(-c2ccc([N+](=O)[O-])cc2)c(CN(C)C)c1C(=O)Nc1ccc(OC(F)F)nn1. The van der Waals surface area contributed by atoms with E-state index in [2.05, 4.69) is 20.3 Å². The van der Waals surface area contributed by atoms with Gasteiger partial charge in [0, 0.05) is 35.2 Å². The number of hydrogen-bond acceptors (Lipinski definition) is 10. The van der Waals surface area contributed by atoms with Crippen LogP contribution >= 0.6 is 11.3 Å². The fourth-order valence-corrected chi connectivity index (χ4v) is 5.60. The maximum atomic E-state index is 14.8. The number of halogens is 4. The summed E-state index contributed by atoms with van der Waals surface area (Å²) in [4.78, 5) is 41.1. The molecule has 2 aromatic heterocycles. The number of nitrogens with one attached hydrogen (secondary N) is 1. The van der Waals surface area contributed by atoms with Gasteiger partial charge in [0.15, 0.2) is 5.82 Å². The van der Waals surface area contributed by atoms with Crippen LogP contribution in [-0.4, -0.2) is 59.3 Å². The van der Waals surface area contributed by atoms with Gasteiger partial charge in [-0.05, 0) is 62.5 Å². The Balaban J connectivity index is 1.92. The van der Waals surface area contributed by atoms with E-state index in [1.165, 1.54) is 31.2 Å². The largest absolute Gasteiger partial charge is 0.449 e. The maximum Gasteiger partial charge on any atom is 0.415 e. The number of hydrogen-bond donors (Lipinski definition) is 1. The first kappa shape index (κ1) is 33.7. The maximum absolute atomic E-state index is 14.8. The first-order chi connectivity index (χ1) is 21.9. The van der Waals surface area contributed by atoms with Gasteiger partial charge in [0.05, 0.1) is 23.6 Å². The number of carbonyl (C=O) groups excluding carboxylic acids is 2. The zero-order valence-electron chi connectivity index (χ0n) is 24.5. The van der Waals surface area contributed by atoms with Gasteiger partial charge in [-0.25, -0.2) is 13.6 Å². The molecule has 1 N–H and O–H groups in total. The highest BCUT2D eigenvalue weighted by Crippen LogP contribution is 2.44. The zero-order chi connectivity index (χ0) is 33.5. The number of nitro benzene ring substituents is 1. The Kier molecular flexibility index (Phi) is 10.8. The van der Waals surface area contributed by atoms with Gasteiger partial charge < -0.3 is 19.7 Å². The lowest BCUT2D eigenvalue weighted by molar-refractivity contribution is -0.384. The molecule has 4 rings (SSSR count). The molecule has 0 fully saturated rings. The van der Waals surface area contributed by atoms with Crippen molar-refractivity contribution < 1.29 is 41.5 Å². The summed E-state index contributed by atoms with van der Waals surface area (Å²) in [6, 6.07) is 10.9. The molecule has 0 aliphatic rings. The number of amides is 2. The van der Waals surface area contributed by atoms with Gasteiger partial charge in [-0.3, -0.25) is 19.8 Å². The number of non-ortho nitro benzene ring substituents is 1. The van der Waals surface area contributed by atoms with E-state index < -0.39 is 53.2 Å². The van der Waals surface area contributed by atoms with Gasteiger partial charge in [-0.15, -0.1) is 21.5 Å². The van der Waals surface area contributed by atoms with Crippen LogP contribution in [0.25, 0.3) is 10.4 Å². The predicted molar refractivity (Wildman–Crippen MR) is 160 cm³/mol. The van der Waals surface area contributed by atoms with Gasteiger partial charge in [0.25, 0.3) is 11.6 Å². The molecule has 2 heterocycles. The molecule has 2 aromatic carbocycles. The Labute approximate surface area is 263 Å². The van der Waals surface area contributed by atoms with E-state index in [1.54, 1.807) is 19.0 Å². The molecule has 2 amide bonds. The van der Waals surface area contributed by atoms with Crippen LogP contribution < -0.4 is 15.0 Å². The topological polar surface area (TPSA) is 140 Å². The van der Waals surface area contributed by atoms with Crippen molar-refractivity contribution in [1.82, 2.24) is 15.1 Å². The van der Waals surface area contributed by atoms with E-state index in [0.29, 0.717) is 16.0 Å². The number of aromatic nitrogens is 2. The number of anilines is 2. The van der Waals surface area contributed by atoms with E-state index in [4.69, 9.17) is 4.74 Å². The number of rotatable bonds is 12. The van der Waals surface area contributed by atoms with Crippen molar-refractivity contribution in [2.24, 2.45) is 0 Å². The van der Waals surface area contributed by atoms with Crippen LogP contribution in [0.15, 0.2) is 54.6 Å². The summed E-state index contributed by atoms with van der Waals surface area (Å²) in [5, 5.41) is 20.9. The molecule has 4 aromatic rings. The van der Waals surface area contributed by atoms with Crippen molar-refractivity contribution in [1.29, 1.82) is 0 Å². The lowest BCUT2D eigenvalue weighted by atomic mass is 10.0. The molecule has 0 atom stereocenters. The van der Waals surface area contributed by atoms with Gasteiger partial charge in [-0.2, -0.15) is 8.78 Å². The van der Waals surface area contributed by atoms with E-state index in [-0.39, 0.29) is 35.2 Å². The fourth-order valence-electron chi connectivity index (χ4n) is 4.29. The van der Waals surface area contributed by atoms with Crippen molar-refractivity contribution in [3.05, 3.63) is 93.0 Å². The number of ether oxygens (including phenoxy) is 2. The van der Waals surface area contributed by atoms with Crippen LogP contribution in [0.1, 0.15) is 28.4 Å². The molecule has 12 nitrogen and oxygen atoms in total. The summed E-state index contributed by atoms with van der Waals surface area (Å²) in [6.07, 6.45) is -1.01. The molecule has 46 heavy (non-hydrogen) atoms. The quantitative estimate of drug-likeness (QED) is 0.103. The second-order valence-electron chi connectivity index (χ2n) is 9.71. The number of alkyl halides is 2. The monoisotopic (exact) mass is 662 g/mol. The van der Waals surface area contributed by atoms with E-state index >= 15 is 0 Å². The summed E-state index contributed by atoms with van der Waals surface area (Å²) in [7, 11) is 3.42. The van der Waals surface area contributed by atoms with Crippen LogP contribution in [0.4, 0.5) is 38.9 Å². The molecule has 0 bridgehead atoms. The Bertz CT molecular complexity index is 1700. The summed E-state index contributed by atoms with van der Waals surface area (Å²) in [6.45, 7) is -2.30. The molecule has 0 unspecified atom stereocenters. The third-order valence-corrected chi connectivity index (χ3v) is 7.54. The van der Waals surface area contributed by atoms with Crippen LogP contribution in [0.3, 0.4) is 0 Å². The Morgan fingerprint density at radius 2 is 1.67 bits per heavy atom. The van der Waals surface area contributed by atoms with Gasteiger partial charge in [-0.1, -0.05) is 6.07 Å². The molecular formula is C29H26F4N6O6S. The van der Waals surface area contributed by atoms with Gasteiger partial charge in [0.1, 0.15) is 16.6 Å². The third-order valence-electron chi connectivity index (χ3n) is 6.23. The fraction of sp³-hybridized carbons (Fsp3) is 0.241. The molecular weight excluding hydrogens is 636 g/mol. The smallest absolute Gasteiger partial charge is 0.415 e. The van der Waals surface area contributed by atoms with Crippen LogP contribution in [0.5, 0.6) is 5.88 Å². The molecule has 0 saturated carbocycles. The summed E-state index contributed by atoms with van der Waals surface area (Å²) < 4.78 is 64.2. The van der Waals surface area contributed by atoms with Crippen LogP contribution in [-0.2, 0) is 17.8 Å². The molecule has 0 aliphatic carbocycles. The van der Waals surface area contributed by atoms with Crippen molar-refractivity contribution >= 4 is 39.8 Å². The van der Waals surface area contributed by atoms with Crippen molar-refractivity contribution in [2.75, 3.05) is 30.9 Å². The van der Waals surface area contributed by atoms with E-state index in [1.807, 2.05) is 0 Å². The highest BCUT2D eigenvalue weighted by atomic mass is 32.1. The molecule has 0 saturated heterocycles. The number of carbonyl (C=O) groups is 2. The Hall–Kier alpha value is -5.16. The van der Waals surface area contributed by atoms with Crippen molar-refractivity contribution in [2.45, 2.75) is 26.6 Å². The predicted octanol–water partition coefficient (Wildman–Crippen LogP) is 6.47. The Morgan fingerprint density at radius 1 is 1.00 bits per heavy atom. The first-order valence-electron chi connectivity index (χ1n) is 13.4. The molecule has 17 heteroatoms. The van der Waals surface area contributed by atoms with Crippen molar-refractivity contribution in [3.8, 4) is 16.3 Å². The minimum Gasteiger partial charge on any atom is -0.449 e. The normalized spacial score (nSPS) is 11.1. The van der Waals surface area contributed by atoms with E-state index in [0.717, 1.165) is 46.6 Å². The zero-order valence-corrected chi connectivity index (χ0v) is 25.3. The summed E-state index contributed by atoms with van der Waals surface area (Å²) >= 11 is 0.920. The lowest BCUT2D eigenvalue weighted by Gasteiger charge is -2.23. The average Bonchev–Trinajstić information content (AvgIpc) is 3.36. The second-order valence-corrected chi connectivity index (χ2v) is 10.7. The summed E-state index contributed by atoms with van der Waals surface area (Å²) in [5.41, 5.74) is 0.0364. The molecule has 0 spiro atoms. The second kappa shape index (κ2) is 14.7. The molecule has 0 radical (unpaired) electrons. The standard InChI is InChI=1S/C29H26F4N6O6S/c1-4-44-29(41)38(15-18-20(30)6-5-7-21(18)31)27-24(26(40)34-22-12-13-23(36-35-22)45-28(32)33)19(14-37(2)3)25(46-27)16-8-10-17(11-9-16)39(42)43/h5-13,28H,4,14-15H2,1-3H3,(H,34,35,40). The average molecular weight is 663 g/mol. The van der Waals surface area contributed by atoms with Gasteiger partial charge in [0.2, 0.25) is 5.88 Å². The number of benzene rings is 2.